The second-order valence-corrected chi connectivity index (χ2v) is 7.47. The van der Waals surface area contributed by atoms with Crippen molar-refractivity contribution in [1.82, 2.24) is 24.7 Å². The molecule has 0 aliphatic heterocycles. The van der Waals surface area contributed by atoms with Crippen LogP contribution in [0.4, 0.5) is 0 Å². The Morgan fingerprint density at radius 1 is 1.03 bits per heavy atom. The van der Waals surface area contributed by atoms with E-state index in [-0.39, 0.29) is 18.0 Å². The summed E-state index contributed by atoms with van der Waals surface area (Å²) in [5.74, 6) is -0.272. The Kier molecular flexibility index (Phi) is 5.18. The second kappa shape index (κ2) is 7.94. The number of aromatic nitrogens is 4. The monoisotopic (exact) mass is 401 g/mol. The molecule has 0 saturated carbocycles. The highest BCUT2D eigenvalue weighted by Crippen LogP contribution is 2.23. The molecule has 0 fully saturated rings. The summed E-state index contributed by atoms with van der Waals surface area (Å²) in [6.45, 7) is 6.28. The molecule has 7 heteroatoms. The molecular formula is C23H23N5O2. The predicted octanol–water partition coefficient (Wildman–Crippen LogP) is 2.80. The van der Waals surface area contributed by atoms with Gasteiger partial charge in [-0.25, -0.2) is 9.20 Å². The van der Waals surface area contributed by atoms with E-state index in [0.717, 1.165) is 32.5 Å². The van der Waals surface area contributed by atoms with Gasteiger partial charge in [0.25, 0.3) is 5.56 Å². The fourth-order valence-electron chi connectivity index (χ4n) is 3.39. The molecular weight excluding hydrogens is 378 g/mol. The number of hydrogen-bond donors (Lipinski definition) is 1. The summed E-state index contributed by atoms with van der Waals surface area (Å²) < 4.78 is 2.62. The average molecular weight is 401 g/mol. The first kappa shape index (κ1) is 19.6. The first-order chi connectivity index (χ1) is 14.4. The summed E-state index contributed by atoms with van der Waals surface area (Å²) in [5.41, 5.74) is 6.04. The third kappa shape index (κ3) is 3.87. The molecule has 4 aromatic rings. The van der Waals surface area contributed by atoms with Crippen molar-refractivity contribution in [3.8, 4) is 11.3 Å². The molecule has 0 saturated heterocycles. The number of nitrogens with one attached hydrogen (secondary N) is 1. The zero-order valence-electron chi connectivity index (χ0n) is 17.2. The quantitative estimate of drug-likeness (QED) is 0.558. The Hall–Kier alpha value is -3.74. The van der Waals surface area contributed by atoms with Crippen LogP contribution in [-0.2, 0) is 17.9 Å². The van der Waals surface area contributed by atoms with Gasteiger partial charge in [-0.3, -0.25) is 9.59 Å². The lowest BCUT2D eigenvalue weighted by atomic mass is 10.0. The standard InChI is InChI=1S/C23H23N5O2/c1-15-8-9-17(3)19(10-15)20-11-21-23(30)27(25-14-28(21)26-20)13-22(29)24-12-18-7-5-4-6-16(18)2/h4-11,14H,12-13H2,1-3H3,(H,24,29). The number of fused-ring (bicyclic) bond motifs is 1. The lowest BCUT2D eigenvalue weighted by Gasteiger charge is -2.08. The van der Waals surface area contributed by atoms with E-state index < -0.39 is 0 Å². The van der Waals surface area contributed by atoms with E-state index in [9.17, 15) is 9.59 Å². The number of carbonyl (C=O) groups excluding carboxylic acids is 1. The van der Waals surface area contributed by atoms with E-state index in [1.807, 2.05) is 63.2 Å². The van der Waals surface area contributed by atoms with Crippen LogP contribution in [0.25, 0.3) is 16.8 Å². The van der Waals surface area contributed by atoms with Crippen molar-refractivity contribution < 1.29 is 4.79 Å². The van der Waals surface area contributed by atoms with Gasteiger partial charge in [0.05, 0.1) is 5.69 Å². The Bertz CT molecular complexity index is 1300. The van der Waals surface area contributed by atoms with Gasteiger partial charge in [-0.15, -0.1) is 0 Å². The number of aryl methyl sites for hydroxylation is 3. The van der Waals surface area contributed by atoms with Gasteiger partial charge >= 0.3 is 0 Å². The molecule has 4 rings (SSSR count). The number of carbonyl (C=O) groups is 1. The summed E-state index contributed by atoms with van der Waals surface area (Å²) >= 11 is 0. The highest BCUT2D eigenvalue weighted by molar-refractivity contribution is 5.76. The summed E-state index contributed by atoms with van der Waals surface area (Å²) in [6, 6.07) is 15.7. The SMILES string of the molecule is Cc1ccc(C)c(-c2cc3c(=O)n(CC(=O)NCc4ccccc4C)ncn3n2)c1. The highest BCUT2D eigenvalue weighted by atomic mass is 16.2. The predicted molar refractivity (Wildman–Crippen MR) is 115 cm³/mol. The van der Waals surface area contributed by atoms with Gasteiger partial charge in [-0.2, -0.15) is 10.2 Å². The third-order valence-corrected chi connectivity index (χ3v) is 5.19. The van der Waals surface area contributed by atoms with Crippen molar-refractivity contribution in [2.24, 2.45) is 0 Å². The van der Waals surface area contributed by atoms with E-state index in [1.54, 1.807) is 6.07 Å². The summed E-state index contributed by atoms with van der Waals surface area (Å²) in [7, 11) is 0. The molecule has 2 aromatic heterocycles. The maximum atomic E-state index is 12.8. The summed E-state index contributed by atoms with van der Waals surface area (Å²) in [6.07, 6.45) is 1.46. The van der Waals surface area contributed by atoms with Crippen LogP contribution in [-0.4, -0.2) is 25.3 Å². The third-order valence-electron chi connectivity index (χ3n) is 5.19. The van der Waals surface area contributed by atoms with Crippen LogP contribution in [0.3, 0.4) is 0 Å². The van der Waals surface area contributed by atoms with E-state index in [1.165, 1.54) is 10.8 Å². The molecule has 30 heavy (non-hydrogen) atoms. The van der Waals surface area contributed by atoms with Crippen LogP contribution in [0.1, 0.15) is 22.3 Å². The number of hydrogen-bond acceptors (Lipinski definition) is 4. The zero-order chi connectivity index (χ0) is 21.3. The van der Waals surface area contributed by atoms with Gasteiger partial charge in [0.2, 0.25) is 5.91 Å². The number of benzene rings is 2. The summed E-state index contributed by atoms with van der Waals surface area (Å²) in [4.78, 5) is 25.2. The topological polar surface area (TPSA) is 81.3 Å². The molecule has 2 aromatic carbocycles. The van der Waals surface area contributed by atoms with Crippen LogP contribution in [0, 0.1) is 20.8 Å². The molecule has 2 heterocycles. The van der Waals surface area contributed by atoms with Crippen molar-refractivity contribution in [2.75, 3.05) is 0 Å². The average Bonchev–Trinajstić information content (AvgIpc) is 3.16. The molecule has 1 N–H and O–H groups in total. The van der Waals surface area contributed by atoms with Crippen molar-refractivity contribution in [2.45, 2.75) is 33.9 Å². The van der Waals surface area contributed by atoms with Crippen molar-refractivity contribution in [1.29, 1.82) is 0 Å². The number of rotatable bonds is 5. The molecule has 0 aliphatic rings. The van der Waals surface area contributed by atoms with Crippen molar-refractivity contribution in [3.63, 3.8) is 0 Å². The lowest BCUT2D eigenvalue weighted by Crippen LogP contribution is -2.34. The molecule has 7 nitrogen and oxygen atoms in total. The molecule has 0 atom stereocenters. The largest absolute Gasteiger partial charge is 0.350 e. The van der Waals surface area contributed by atoms with Crippen LogP contribution in [0.5, 0.6) is 0 Å². The van der Waals surface area contributed by atoms with E-state index in [4.69, 9.17) is 0 Å². The number of nitrogens with zero attached hydrogens (tertiary/aromatic N) is 4. The zero-order valence-corrected chi connectivity index (χ0v) is 17.2. The minimum absolute atomic E-state index is 0.148. The Balaban J connectivity index is 1.56. The van der Waals surface area contributed by atoms with Crippen molar-refractivity contribution >= 4 is 11.4 Å². The second-order valence-electron chi connectivity index (χ2n) is 7.47. The fourth-order valence-corrected chi connectivity index (χ4v) is 3.39. The summed E-state index contributed by atoms with van der Waals surface area (Å²) in [5, 5.41) is 11.4. The van der Waals surface area contributed by atoms with Gasteiger partial charge < -0.3 is 5.32 Å². The first-order valence-electron chi connectivity index (χ1n) is 9.77. The molecule has 0 unspecified atom stereocenters. The molecule has 0 aliphatic carbocycles. The number of amides is 1. The van der Waals surface area contributed by atoms with Crippen LogP contribution < -0.4 is 10.9 Å². The normalized spacial score (nSPS) is 11.0. The maximum Gasteiger partial charge on any atom is 0.293 e. The van der Waals surface area contributed by atoms with Gasteiger partial charge in [0, 0.05) is 12.1 Å². The molecule has 0 bridgehead atoms. The molecule has 0 spiro atoms. The Morgan fingerprint density at radius 3 is 2.63 bits per heavy atom. The van der Waals surface area contributed by atoms with Crippen LogP contribution in [0.15, 0.2) is 59.7 Å². The van der Waals surface area contributed by atoms with Gasteiger partial charge in [-0.05, 0) is 49.6 Å². The lowest BCUT2D eigenvalue weighted by molar-refractivity contribution is -0.122. The fraction of sp³-hybridized carbons (Fsp3) is 0.217. The van der Waals surface area contributed by atoms with Crippen LogP contribution >= 0.6 is 0 Å². The van der Waals surface area contributed by atoms with E-state index in [2.05, 4.69) is 15.5 Å². The Morgan fingerprint density at radius 2 is 1.83 bits per heavy atom. The van der Waals surface area contributed by atoms with E-state index in [0.29, 0.717) is 17.8 Å². The van der Waals surface area contributed by atoms with E-state index >= 15 is 0 Å². The molecule has 0 radical (unpaired) electrons. The van der Waals surface area contributed by atoms with Crippen LogP contribution in [0.2, 0.25) is 0 Å². The van der Waals surface area contributed by atoms with Crippen molar-refractivity contribution in [3.05, 3.63) is 87.5 Å². The maximum absolute atomic E-state index is 12.8. The van der Waals surface area contributed by atoms with Gasteiger partial charge in [-0.1, -0.05) is 42.0 Å². The minimum atomic E-state index is -0.354. The van der Waals surface area contributed by atoms with Gasteiger partial charge in [0.15, 0.2) is 0 Å². The highest BCUT2D eigenvalue weighted by Gasteiger charge is 2.13. The first-order valence-corrected chi connectivity index (χ1v) is 9.77. The Labute approximate surface area is 174 Å². The molecule has 152 valence electrons. The molecule has 1 amide bonds. The minimum Gasteiger partial charge on any atom is -0.350 e. The smallest absolute Gasteiger partial charge is 0.293 e. The van der Waals surface area contributed by atoms with Gasteiger partial charge in [0.1, 0.15) is 18.4 Å².